The summed E-state index contributed by atoms with van der Waals surface area (Å²) < 4.78 is 27.1. The lowest BCUT2D eigenvalue weighted by atomic mass is 10.2. The maximum Gasteiger partial charge on any atom is 0.268 e. The van der Waals surface area contributed by atoms with Gasteiger partial charge >= 0.3 is 0 Å². The first-order valence-corrected chi connectivity index (χ1v) is 9.08. The Morgan fingerprint density at radius 3 is 2.62 bits per heavy atom. The molecule has 21 heavy (non-hydrogen) atoms. The molecule has 2 atom stereocenters. The van der Waals surface area contributed by atoms with Crippen molar-refractivity contribution >= 4 is 27.7 Å². The van der Waals surface area contributed by atoms with Gasteiger partial charge in [-0.3, -0.25) is 4.79 Å². The summed E-state index contributed by atoms with van der Waals surface area (Å²) in [5.74, 6) is -0.380. The number of nitrogens with one attached hydrogen (secondary N) is 2. The third-order valence-electron chi connectivity index (χ3n) is 3.19. The average molecular weight is 335 g/mol. The number of aliphatic hydroxyl groups excluding tert-OH is 1. The van der Waals surface area contributed by atoms with Gasteiger partial charge in [-0.05, 0) is 26.3 Å². The second-order valence-electron chi connectivity index (χ2n) is 4.60. The third-order valence-corrected chi connectivity index (χ3v) is 5.73. The Morgan fingerprint density at radius 2 is 2.14 bits per heavy atom. The molecule has 1 rings (SSSR count). The number of carbonyl (C=O) groups is 1. The Morgan fingerprint density at radius 1 is 1.52 bits per heavy atom. The van der Waals surface area contributed by atoms with Gasteiger partial charge in [-0.25, -0.2) is 13.1 Å². The van der Waals surface area contributed by atoms with Gasteiger partial charge in [-0.2, -0.15) is 11.8 Å². The molecule has 1 aromatic rings. The van der Waals surface area contributed by atoms with Gasteiger partial charge in [0.1, 0.15) is 10.6 Å². The highest BCUT2D eigenvalue weighted by Gasteiger charge is 2.22. The van der Waals surface area contributed by atoms with Crippen LogP contribution in [0.3, 0.4) is 0 Å². The second-order valence-corrected chi connectivity index (χ2v) is 7.56. The van der Waals surface area contributed by atoms with Crippen LogP contribution in [0.4, 0.5) is 0 Å². The molecule has 2 unspecified atom stereocenters. The van der Waals surface area contributed by atoms with Crippen LogP contribution >= 0.6 is 11.8 Å². The van der Waals surface area contributed by atoms with Crippen molar-refractivity contribution in [1.29, 1.82) is 0 Å². The highest BCUT2D eigenvalue weighted by atomic mass is 32.2. The number of aromatic nitrogens is 1. The van der Waals surface area contributed by atoms with E-state index in [2.05, 4.69) is 10.0 Å². The lowest BCUT2D eigenvalue weighted by Gasteiger charge is -2.21. The normalized spacial score (nSPS) is 14.7. The Hall–Kier alpha value is -1.03. The van der Waals surface area contributed by atoms with E-state index >= 15 is 0 Å². The smallest absolute Gasteiger partial charge is 0.268 e. The molecule has 9 heteroatoms. The van der Waals surface area contributed by atoms with Crippen LogP contribution in [0.25, 0.3) is 0 Å². The standard InChI is InChI=1S/C12H21N3O4S2/c1-8(11(7-16)20-4)14-12(17)10-5-9(6-15(10)3)21(18,19)13-2/h5-6,8,11,13,16H,7H2,1-4H3,(H,14,17). The first-order chi connectivity index (χ1) is 9.76. The van der Waals surface area contributed by atoms with Crippen molar-refractivity contribution in [2.45, 2.75) is 23.1 Å². The summed E-state index contributed by atoms with van der Waals surface area (Å²) in [5.41, 5.74) is 0.244. The van der Waals surface area contributed by atoms with Crippen LogP contribution in [0, 0.1) is 0 Å². The number of aliphatic hydroxyl groups is 1. The molecule has 0 aliphatic rings. The Labute approximate surface area is 129 Å². The van der Waals surface area contributed by atoms with Crippen molar-refractivity contribution < 1.29 is 18.3 Å². The van der Waals surface area contributed by atoms with Gasteiger partial charge in [-0.1, -0.05) is 0 Å². The summed E-state index contributed by atoms with van der Waals surface area (Å²) in [5, 5.41) is 11.9. The molecule has 0 spiro atoms. The van der Waals surface area contributed by atoms with Gasteiger partial charge in [0.05, 0.1) is 6.61 Å². The molecule has 0 fully saturated rings. The van der Waals surface area contributed by atoms with Crippen molar-refractivity contribution in [3.8, 4) is 0 Å². The third kappa shape index (κ3) is 4.22. The minimum atomic E-state index is -3.58. The molecule has 0 bridgehead atoms. The molecule has 1 amide bonds. The fraction of sp³-hybridized carbons (Fsp3) is 0.583. The predicted molar refractivity (Wildman–Crippen MR) is 83.0 cm³/mol. The summed E-state index contributed by atoms with van der Waals surface area (Å²) in [6.45, 7) is 1.75. The minimum absolute atomic E-state index is 0.0360. The highest BCUT2D eigenvalue weighted by Crippen LogP contribution is 2.15. The summed E-state index contributed by atoms with van der Waals surface area (Å²) in [7, 11) is -0.665. The van der Waals surface area contributed by atoms with E-state index in [-0.39, 0.29) is 34.4 Å². The highest BCUT2D eigenvalue weighted by molar-refractivity contribution is 7.99. The molecule has 0 aliphatic heterocycles. The van der Waals surface area contributed by atoms with Gasteiger partial charge in [0.15, 0.2) is 0 Å². The van der Waals surface area contributed by atoms with Crippen LogP contribution in [0.5, 0.6) is 0 Å². The molecule has 0 saturated carbocycles. The van der Waals surface area contributed by atoms with Crippen molar-refractivity contribution in [3.63, 3.8) is 0 Å². The number of thioether (sulfide) groups is 1. The Balaban J connectivity index is 2.94. The number of carbonyl (C=O) groups excluding carboxylic acids is 1. The Bertz CT molecular complexity index is 594. The van der Waals surface area contributed by atoms with E-state index in [0.29, 0.717) is 0 Å². The lowest BCUT2D eigenvalue weighted by molar-refractivity contribution is 0.0927. The second kappa shape index (κ2) is 7.30. The zero-order chi connectivity index (χ0) is 16.2. The van der Waals surface area contributed by atoms with Crippen molar-refractivity contribution in [2.24, 2.45) is 7.05 Å². The maximum atomic E-state index is 12.2. The van der Waals surface area contributed by atoms with E-state index in [4.69, 9.17) is 0 Å². The molecule has 0 aromatic carbocycles. The van der Waals surface area contributed by atoms with Crippen LogP contribution in [0.15, 0.2) is 17.2 Å². The zero-order valence-electron chi connectivity index (χ0n) is 12.5. The van der Waals surface area contributed by atoms with Crippen LogP contribution < -0.4 is 10.0 Å². The molecule has 0 radical (unpaired) electrons. The molecular weight excluding hydrogens is 314 g/mol. The quantitative estimate of drug-likeness (QED) is 0.639. The molecule has 120 valence electrons. The van der Waals surface area contributed by atoms with E-state index in [1.807, 2.05) is 6.26 Å². The largest absolute Gasteiger partial charge is 0.395 e. The van der Waals surface area contributed by atoms with Gasteiger partial charge in [0.25, 0.3) is 5.91 Å². The fourth-order valence-electron chi connectivity index (χ4n) is 1.84. The lowest BCUT2D eigenvalue weighted by Crippen LogP contribution is -2.41. The number of hydrogen-bond acceptors (Lipinski definition) is 5. The number of aryl methyl sites for hydroxylation is 1. The first kappa shape index (κ1) is 18.0. The van der Waals surface area contributed by atoms with Crippen LogP contribution in [-0.2, 0) is 17.1 Å². The summed E-state index contributed by atoms with van der Waals surface area (Å²) in [6, 6.07) is 1.08. The molecule has 1 heterocycles. The topological polar surface area (TPSA) is 100 Å². The van der Waals surface area contributed by atoms with Crippen molar-refractivity contribution in [1.82, 2.24) is 14.6 Å². The number of rotatable bonds is 7. The van der Waals surface area contributed by atoms with Gasteiger partial charge in [0.2, 0.25) is 10.0 Å². The molecule has 1 aromatic heterocycles. The molecule has 3 N–H and O–H groups in total. The number of amides is 1. The molecule has 0 aliphatic carbocycles. The number of nitrogens with zero attached hydrogens (tertiary/aromatic N) is 1. The van der Waals surface area contributed by atoms with Gasteiger partial charge in [0, 0.05) is 24.5 Å². The van der Waals surface area contributed by atoms with E-state index in [1.54, 1.807) is 14.0 Å². The van der Waals surface area contributed by atoms with E-state index in [1.165, 1.54) is 35.6 Å². The predicted octanol–water partition coefficient (Wildman–Crippen LogP) is -0.225. The van der Waals surface area contributed by atoms with Crippen LogP contribution in [0.1, 0.15) is 17.4 Å². The first-order valence-electron chi connectivity index (χ1n) is 6.31. The summed E-state index contributed by atoms with van der Waals surface area (Å²) in [6.07, 6.45) is 3.23. The van der Waals surface area contributed by atoms with E-state index in [9.17, 15) is 18.3 Å². The molecule has 0 saturated heterocycles. The molecular formula is C12H21N3O4S2. The SMILES string of the molecule is CNS(=O)(=O)c1cc(C(=O)NC(C)C(CO)SC)n(C)c1. The van der Waals surface area contributed by atoms with Crippen LogP contribution in [-0.4, -0.2) is 55.2 Å². The fourth-order valence-corrected chi connectivity index (χ4v) is 3.26. The Kier molecular flexibility index (Phi) is 6.26. The van der Waals surface area contributed by atoms with Crippen molar-refractivity contribution in [3.05, 3.63) is 18.0 Å². The van der Waals surface area contributed by atoms with E-state index < -0.39 is 10.0 Å². The van der Waals surface area contributed by atoms with E-state index in [0.717, 1.165) is 0 Å². The van der Waals surface area contributed by atoms with Crippen molar-refractivity contribution in [2.75, 3.05) is 19.9 Å². The van der Waals surface area contributed by atoms with Gasteiger partial charge < -0.3 is 15.0 Å². The minimum Gasteiger partial charge on any atom is -0.395 e. The van der Waals surface area contributed by atoms with Crippen LogP contribution in [0.2, 0.25) is 0 Å². The zero-order valence-corrected chi connectivity index (χ0v) is 14.1. The monoisotopic (exact) mass is 335 g/mol. The average Bonchev–Trinajstić information content (AvgIpc) is 2.83. The van der Waals surface area contributed by atoms with Gasteiger partial charge in [-0.15, -0.1) is 0 Å². The summed E-state index contributed by atoms with van der Waals surface area (Å²) in [4.78, 5) is 12.2. The summed E-state index contributed by atoms with van der Waals surface area (Å²) >= 11 is 1.46. The number of hydrogen-bond donors (Lipinski definition) is 3. The molecule has 7 nitrogen and oxygen atoms in total. The maximum absolute atomic E-state index is 12.2. The number of sulfonamides is 1.